The maximum Gasteiger partial charge on any atom is 0.0902 e. The second-order valence-electron chi connectivity index (χ2n) is 4.33. The zero-order valence-electron chi connectivity index (χ0n) is 8.90. The van der Waals surface area contributed by atoms with Crippen LogP contribution in [0.2, 0.25) is 0 Å². The Morgan fingerprint density at radius 3 is 2.79 bits per heavy atom. The summed E-state index contributed by atoms with van der Waals surface area (Å²) in [7, 11) is 0. The van der Waals surface area contributed by atoms with Crippen LogP contribution in [0.15, 0.2) is 24.3 Å². The highest BCUT2D eigenvalue weighted by Crippen LogP contribution is 2.38. The molecule has 1 aliphatic heterocycles. The molecule has 1 fully saturated rings. The third-order valence-electron chi connectivity index (χ3n) is 3.46. The monoisotopic (exact) mass is 194 g/mol. The van der Waals surface area contributed by atoms with Crippen LogP contribution >= 0.6 is 0 Å². The van der Waals surface area contributed by atoms with Crippen molar-refractivity contribution in [2.45, 2.75) is 20.0 Å². The van der Waals surface area contributed by atoms with Crippen LogP contribution in [0, 0.1) is 11.3 Å². The van der Waals surface area contributed by atoms with Gasteiger partial charge in [0.25, 0.3) is 0 Å². The molecule has 0 aromatic heterocycles. The molecule has 1 saturated heterocycles. The van der Waals surface area contributed by atoms with Gasteiger partial charge in [0, 0.05) is 5.41 Å². The third kappa shape index (κ3) is 1.64. The van der Waals surface area contributed by atoms with E-state index >= 15 is 0 Å². The van der Waals surface area contributed by atoms with Crippen LogP contribution in [0.3, 0.4) is 0 Å². The highest BCUT2D eigenvalue weighted by atomic mass is 16.6. The van der Waals surface area contributed by atoms with Crippen molar-refractivity contribution in [3.05, 3.63) is 24.3 Å². The summed E-state index contributed by atoms with van der Waals surface area (Å²) in [5.41, 5.74) is 0.0924. The third-order valence-corrected chi connectivity index (χ3v) is 3.46. The minimum absolute atomic E-state index is 0.0924. The van der Waals surface area contributed by atoms with Gasteiger partial charge in [-0.2, -0.15) is 0 Å². The van der Waals surface area contributed by atoms with Crippen LogP contribution in [0.25, 0.3) is 0 Å². The van der Waals surface area contributed by atoms with Gasteiger partial charge in [0.05, 0.1) is 25.9 Å². The topological polar surface area (TPSA) is 18.5 Å². The lowest BCUT2D eigenvalue weighted by Gasteiger charge is -2.41. The minimum atomic E-state index is 0.0924. The van der Waals surface area contributed by atoms with E-state index in [4.69, 9.17) is 9.47 Å². The fourth-order valence-corrected chi connectivity index (χ4v) is 2.10. The van der Waals surface area contributed by atoms with Crippen molar-refractivity contribution in [1.82, 2.24) is 0 Å². The van der Waals surface area contributed by atoms with Crippen molar-refractivity contribution in [2.75, 3.05) is 19.8 Å². The van der Waals surface area contributed by atoms with Crippen molar-refractivity contribution in [2.24, 2.45) is 11.3 Å². The van der Waals surface area contributed by atoms with Gasteiger partial charge >= 0.3 is 0 Å². The maximum absolute atomic E-state index is 5.78. The minimum Gasteiger partial charge on any atom is -0.376 e. The van der Waals surface area contributed by atoms with Crippen LogP contribution in [0.5, 0.6) is 0 Å². The van der Waals surface area contributed by atoms with Crippen LogP contribution in [-0.2, 0) is 9.47 Å². The second kappa shape index (κ2) is 3.87. The summed E-state index contributed by atoms with van der Waals surface area (Å²) in [6.07, 6.45) is 8.90. The molecule has 0 spiro atoms. The van der Waals surface area contributed by atoms with Crippen molar-refractivity contribution in [3.63, 3.8) is 0 Å². The molecule has 3 unspecified atom stereocenters. The lowest BCUT2D eigenvalue weighted by molar-refractivity contribution is -0.132. The lowest BCUT2D eigenvalue weighted by Crippen LogP contribution is -2.44. The van der Waals surface area contributed by atoms with E-state index in [9.17, 15) is 0 Å². The first-order chi connectivity index (χ1) is 6.73. The zero-order valence-corrected chi connectivity index (χ0v) is 8.90. The predicted molar refractivity (Wildman–Crippen MR) is 56.1 cm³/mol. The summed E-state index contributed by atoms with van der Waals surface area (Å²) in [6, 6.07) is 0. The molecule has 78 valence electrons. The van der Waals surface area contributed by atoms with E-state index in [1.807, 2.05) is 0 Å². The second-order valence-corrected chi connectivity index (χ2v) is 4.33. The highest BCUT2D eigenvalue weighted by molar-refractivity contribution is 5.20. The molecule has 2 aliphatic rings. The molecule has 0 aromatic carbocycles. The largest absolute Gasteiger partial charge is 0.376 e. The SMILES string of the molecule is CC1C=CC=CC1(C)C1COCCO1. The van der Waals surface area contributed by atoms with E-state index < -0.39 is 0 Å². The Morgan fingerprint density at radius 2 is 2.14 bits per heavy atom. The summed E-state index contributed by atoms with van der Waals surface area (Å²) in [5, 5.41) is 0. The standard InChI is InChI=1S/C12H18O2/c1-10-5-3-4-6-12(10,2)11-9-13-7-8-14-11/h3-6,10-11H,7-9H2,1-2H3. The fourth-order valence-electron chi connectivity index (χ4n) is 2.10. The van der Waals surface area contributed by atoms with E-state index in [1.165, 1.54) is 0 Å². The van der Waals surface area contributed by atoms with E-state index in [0.717, 1.165) is 19.8 Å². The number of ether oxygens (including phenoxy) is 2. The van der Waals surface area contributed by atoms with Crippen LogP contribution in [-0.4, -0.2) is 25.9 Å². The molecule has 0 amide bonds. The molecular formula is C12H18O2. The zero-order chi connectivity index (χ0) is 10.0. The van der Waals surface area contributed by atoms with E-state index in [2.05, 4.69) is 38.2 Å². The van der Waals surface area contributed by atoms with Crippen molar-refractivity contribution in [1.29, 1.82) is 0 Å². The molecule has 0 saturated carbocycles. The van der Waals surface area contributed by atoms with Crippen LogP contribution in [0.4, 0.5) is 0 Å². The molecule has 0 N–H and O–H groups in total. The summed E-state index contributed by atoms with van der Waals surface area (Å²) in [4.78, 5) is 0. The number of rotatable bonds is 1. The van der Waals surface area contributed by atoms with Gasteiger partial charge in [-0.1, -0.05) is 38.2 Å². The highest BCUT2D eigenvalue weighted by Gasteiger charge is 2.38. The molecular weight excluding hydrogens is 176 g/mol. The summed E-state index contributed by atoms with van der Waals surface area (Å²) in [5.74, 6) is 0.513. The van der Waals surface area contributed by atoms with Gasteiger partial charge in [-0.3, -0.25) is 0 Å². The number of hydrogen-bond donors (Lipinski definition) is 0. The average Bonchev–Trinajstić information content (AvgIpc) is 2.24. The number of hydrogen-bond acceptors (Lipinski definition) is 2. The molecule has 3 atom stereocenters. The summed E-state index contributed by atoms with van der Waals surface area (Å²) in [6.45, 7) is 6.67. The fraction of sp³-hybridized carbons (Fsp3) is 0.667. The molecule has 2 heteroatoms. The Bertz CT molecular complexity index is 251. The molecule has 0 aromatic rings. The quantitative estimate of drug-likeness (QED) is 0.637. The Balaban J connectivity index is 2.13. The van der Waals surface area contributed by atoms with Gasteiger partial charge in [0.2, 0.25) is 0 Å². The Kier molecular flexibility index (Phi) is 2.75. The molecule has 0 bridgehead atoms. The average molecular weight is 194 g/mol. The molecule has 2 rings (SSSR count). The maximum atomic E-state index is 5.78. The molecule has 1 heterocycles. The summed E-state index contributed by atoms with van der Waals surface area (Å²) < 4.78 is 11.2. The number of allylic oxidation sites excluding steroid dienone is 3. The van der Waals surface area contributed by atoms with E-state index in [-0.39, 0.29) is 11.5 Å². The lowest BCUT2D eigenvalue weighted by atomic mass is 9.71. The molecule has 2 nitrogen and oxygen atoms in total. The Labute approximate surface area is 85.6 Å². The summed E-state index contributed by atoms with van der Waals surface area (Å²) >= 11 is 0. The van der Waals surface area contributed by atoms with Crippen molar-refractivity contribution < 1.29 is 9.47 Å². The first-order valence-corrected chi connectivity index (χ1v) is 5.29. The van der Waals surface area contributed by atoms with Gasteiger partial charge in [0.1, 0.15) is 0 Å². The van der Waals surface area contributed by atoms with E-state index in [1.54, 1.807) is 0 Å². The van der Waals surface area contributed by atoms with Crippen LogP contribution < -0.4 is 0 Å². The molecule has 14 heavy (non-hydrogen) atoms. The smallest absolute Gasteiger partial charge is 0.0902 e. The van der Waals surface area contributed by atoms with Gasteiger partial charge in [-0.05, 0) is 5.92 Å². The van der Waals surface area contributed by atoms with Gasteiger partial charge in [-0.15, -0.1) is 0 Å². The van der Waals surface area contributed by atoms with Gasteiger partial charge in [-0.25, -0.2) is 0 Å². The Hall–Kier alpha value is -0.600. The predicted octanol–water partition coefficient (Wildman–Crippen LogP) is 2.17. The van der Waals surface area contributed by atoms with Crippen LogP contribution in [0.1, 0.15) is 13.8 Å². The first-order valence-electron chi connectivity index (χ1n) is 5.29. The molecule has 1 aliphatic carbocycles. The van der Waals surface area contributed by atoms with Gasteiger partial charge < -0.3 is 9.47 Å². The normalized spacial score (nSPS) is 42.7. The van der Waals surface area contributed by atoms with Crippen molar-refractivity contribution >= 4 is 0 Å². The van der Waals surface area contributed by atoms with Gasteiger partial charge in [0.15, 0.2) is 0 Å². The van der Waals surface area contributed by atoms with E-state index in [0.29, 0.717) is 5.92 Å². The Morgan fingerprint density at radius 1 is 1.29 bits per heavy atom. The van der Waals surface area contributed by atoms with Crippen molar-refractivity contribution in [3.8, 4) is 0 Å². The molecule has 0 radical (unpaired) electrons. The first kappa shape index (κ1) is 9.94.